The molecule has 0 aliphatic carbocycles. The second-order valence-electron chi connectivity index (χ2n) is 4.58. The lowest BCUT2D eigenvalue weighted by molar-refractivity contribution is 0.534. The molecule has 0 bridgehead atoms. The van der Waals surface area contributed by atoms with Crippen LogP contribution in [-0.4, -0.2) is 18.6 Å². The van der Waals surface area contributed by atoms with Crippen LogP contribution < -0.4 is 4.72 Å². The van der Waals surface area contributed by atoms with Crippen LogP contribution in [0.2, 0.25) is 5.02 Å². The summed E-state index contributed by atoms with van der Waals surface area (Å²) in [5.41, 5.74) is 0.872. The number of halogens is 1. The number of aryl methyl sites for hydroxylation is 1. The number of nitrogens with one attached hydrogen (secondary N) is 1. The van der Waals surface area contributed by atoms with Gasteiger partial charge >= 0.3 is 6.01 Å². The molecule has 108 valence electrons. The molecule has 0 fully saturated rings. The average molecular weight is 316 g/mol. The molecule has 1 heterocycles. The van der Waals surface area contributed by atoms with Crippen molar-refractivity contribution in [2.24, 2.45) is 0 Å². The molecule has 1 N–H and O–H groups in total. The van der Waals surface area contributed by atoms with E-state index in [1.165, 1.54) is 0 Å². The lowest BCUT2D eigenvalue weighted by atomic mass is 10.0. The van der Waals surface area contributed by atoms with Gasteiger partial charge in [-0.25, -0.2) is 13.1 Å². The molecule has 0 radical (unpaired) electrons. The molecule has 0 unspecified atom stereocenters. The van der Waals surface area contributed by atoms with Gasteiger partial charge in [0.2, 0.25) is 5.89 Å². The Hall–Kier alpha value is -1.60. The molecular weight excluding hydrogens is 302 g/mol. The van der Waals surface area contributed by atoms with Crippen molar-refractivity contribution in [1.29, 1.82) is 0 Å². The van der Waals surface area contributed by atoms with E-state index in [1.807, 2.05) is 13.8 Å². The SMILES string of the molecule is Cc1nnc(NS(=O)(=O)c2cc(C(C)C)ccc2Cl)o1. The Kier molecular flexibility index (Phi) is 4.01. The smallest absolute Gasteiger partial charge is 0.329 e. The number of benzene rings is 1. The summed E-state index contributed by atoms with van der Waals surface area (Å²) in [5.74, 6) is 0.455. The second-order valence-corrected chi connectivity index (χ2v) is 6.63. The number of sulfonamides is 1. The highest BCUT2D eigenvalue weighted by Gasteiger charge is 2.21. The van der Waals surface area contributed by atoms with Gasteiger partial charge in [0.05, 0.1) is 5.02 Å². The van der Waals surface area contributed by atoms with E-state index in [9.17, 15) is 8.42 Å². The Labute approximate surface area is 122 Å². The molecule has 0 aliphatic rings. The third-order valence-electron chi connectivity index (χ3n) is 2.66. The van der Waals surface area contributed by atoms with E-state index in [4.69, 9.17) is 16.0 Å². The Balaban J connectivity index is 2.40. The Morgan fingerprint density at radius 2 is 2.00 bits per heavy atom. The van der Waals surface area contributed by atoms with E-state index in [-0.39, 0.29) is 27.7 Å². The van der Waals surface area contributed by atoms with Gasteiger partial charge in [-0.15, -0.1) is 5.10 Å². The molecule has 1 aromatic carbocycles. The van der Waals surface area contributed by atoms with Crippen LogP contribution in [-0.2, 0) is 10.0 Å². The third kappa shape index (κ3) is 3.10. The monoisotopic (exact) mass is 315 g/mol. The molecule has 0 aliphatic heterocycles. The first-order chi connectivity index (χ1) is 9.29. The molecule has 8 heteroatoms. The molecular formula is C12H14ClN3O3S. The van der Waals surface area contributed by atoms with E-state index in [1.54, 1.807) is 25.1 Å². The number of hydrogen-bond donors (Lipinski definition) is 1. The van der Waals surface area contributed by atoms with Crippen molar-refractivity contribution in [3.05, 3.63) is 34.7 Å². The van der Waals surface area contributed by atoms with Crippen LogP contribution in [0.25, 0.3) is 0 Å². The van der Waals surface area contributed by atoms with Crippen molar-refractivity contribution in [2.75, 3.05) is 4.72 Å². The first-order valence-corrected chi connectivity index (χ1v) is 7.78. The summed E-state index contributed by atoms with van der Waals surface area (Å²) in [5, 5.41) is 7.29. The molecule has 0 amide bonds. The van der Waals surface area contributed by atoms with E-state index in [0.717, 1.165) is 5.56 Å². The van der Waals surface area contributed by atoms with E-state index in [0.29, 0.717) is 0 Å². The summed E-state index contributed by atoms with van der Waals surface area (Å²) in [4.78, 5) is -0.0128. The molecule has 2 rings (SSSR count). The minimum Gasteiger partial charge on any atom is -0.408 e. The first-order valence-electron chi connectivity index (χ1n) is 5.92. The molecule has 2 aromatic rings. The van der Waals surface area contributed by atoms with Crippen LogP contribution in [0.15, 0.2) is 27.5 Å². The Morgan fingerprint density at radius 1 is 1.30 bits per heavy atom. The fourth-order valence-electron chi connectivity index (χ4n) is 1.59. The minimum absolute atomic E-state index is 0.0128. The zero-order valence-electron chi connectivity index (χ0n) is 11.2. The number of hydrogen-bond acceptors (Lipinski definition) is 5. The fraction of sp³-hybridized carbons (Fsp3) is 0.333. The molecule has 0 saturated carbocycles. The lowest BCUT2D eigenvalue weighted by Crippen LogP contribution is -2.14. The van der Waals surface area contributed by atoms with Gasteiger partial charge in [0, 0.05) is 6.92 Å². The summed E-state index contributed by atoms with van der Waals surface area (Å²) >= 11 is 5.97. The largest absolute Gasteiger partial charge is 0.408 e. The summed E-state index contributed by atoms with van der Waals surface area (Å²) < 4.78 is 31.8. The summed E-state index contributed by atoms with van der Waals surface area (Å²) in [7, 11) is -3.86. The van der Waals surface area contributed by atoms with Gasteiger partial charge in [-0.2, -0.15) is 0 Å². The lowest BCUT2D eigenvalue weighted by Gasteiger charge is -2.10. The van der Waals surface area contributed by atoms with E-state index >= 15 is 0 Å². The topological polar surface area (TPSA) is 85.1 Å². The highest BCUT2D eigenvalue weighted by atomic mass is 35.5. The molecule has 1 aromatic heterocycles. The molecule has 0 spiro atoms. The van der Waals surface area contributed by atoms with Gasteiger partial charge in [0.1, 0.15) is 4.90 Å². The molecule has 0 saturated heterocycles. The number of rotatable bonds is 4. The van der Waals surface area contributed by atoms with Gasteiger partial charge < -0.3 is 4.42 Å². The standard InChI is InChI=1S/C12H14ClN3O3S/c1-7(2)9-4-5-10(13)11(6-9)20(17,18)16-12-15-14-8(3)19-12/h4-7H,1-3H3,(H,15,16). The molecule has 6 nitrogen and oxygen atoms in total. The zero-order valence-corrected chi connectivity index (χ0v) is 12.8. The number of aromatic nitrogens is 2. The van der Waals surface area contributed by atoms with Crippen molar-refractivity contribution in [3.63, 3.8) is 0 Å². The van der Waals surface area contributed by atoms with E-state index < -0.39 is 10.0 Å². The van der Waals surface area contributed by atoms with Gasteiger partial charge in [0.25, 0.3) is 10.0 Å². The average Bonchev–Trinajstić information content (AvgIpc) is 2.73. The van der Waals surface area contributed by atoms with Gasteiger partial charge in [0.15, 0.2) is 0 Å². The maximum atomic E-state index is 12.3. The van der Waals surface area contributed by atoms with Crippen LogP contribution in [0.4, 0.5) is 6.01 Å². The van der Waals surface area contributed by atoms with Crippen molar-refractivity contribution in [1.82, 2.24) is 10.2 Å². The highest BCUT2D eigenvalue weighted by molar-refractivity contribution is 7.92. The normalized spacial score (nSPS) is 11.8. The Bertz CT molecular complexity index is 725. The zero-order chi connectivity index (χ0) is 14.9. The fourth-order valence-corrected chi connectivity index (χ4v) is 3.05. The van der Waals surface area contributed by atoms with Crippen LogP contribution in [0.3, 0.4) is 0 Å². The quantitative estimate of drug-likeness (QED) is 0.937. The highest BCUT2D eigenvalue weighted by Crippen LogP contribution is 2.27. The van der Waals surface area contributed by atoms with Crippen molar-refractivity contribution in [3.8, 4) is 0 Å². The van der Waals surface area contributed by atoms with Crippen LogP contribution >= 0.6 is 11.6 Å². The summed E-state index contributed by atoms with van der Waals surface area (Å²) in [6.07, 6.45) is 0. The van der Waals surface area contributed by atoms with Crippen molar-refractivity contribution < 1.29 is 12.8 Å². The maximum Gasteiger partial charge on any atom is 0.329 e. The molecule has 20 heavy (non-hydrogen) atoms. The van der Waals surface area contributed by atoms with E-state index in [2.05, 4.69) is 14.9 Å². The summed E-state index contributed by atoms with van der Waals surface area (Å²) in [6, 6.07) is 4.71. The van der Waals surface area contributed by atoms with Crippen LogP contribution in [0.1, 0.15) is 31.2 Å². The van der Waals surface area contributed by atoms with Gasteiger partial charge in [-0.3, -0.25) is 0 Å². The number of anilines is 1. The van der Waals surface area contributed by atoms with Gasteiger partial charge in [-0.1, -0.05) is 36.6 Å². The van der Waals surface area contributed by atoms with Crippen molar-refractivity contribution >= 4 is 27.6 Å². The third-order valence-corrected chi connectivity index (χ3v) is 4.46. The maximum absolute atomic E-state index is 12.3. The summed E-state index contributed by atoms with van der Waals surface area (Å²) in [6.45, 7) is 5.50. The van der Waals surface area contributed by atoms with Crippen molar-refractivity contribution in [2.45, 2.75) is 31.6 Å². The predicted octanol–water partition coefficient (Wildman–Crippen LogP) is 2.96. The van der Waals surface area contributed by atoms with Crippen LogP contribution in [0.5, 0.6) is 0 Å². The number of nitrogens with zero attached hydrogens (tertiary/aromatic N) is 2. The predicted molar refractivity (Wildman–Crippen MR) is 75.4 cm³/mol. The van der Waals surface area contributed by atoms with Gasteiger partial charge in [-0.05, 0) is 23.6 Å². The first kappa shape index (κ1) is 14.8. The molecule has 0 atom stereocenters. The second kappa shape index (κ2) is 5.41. The van der Waals surface area contributed by atoms with Crippen LogP contribution in [0, 0.1) is 6.92 Å². The minimum atomic E-state index is -3.86. The Morgan fingerprint density at radius 3 is 2.55 bits per heavy atom.